The van der Waals surface area contributed by atoms with Gasteiger partial charge in [-0.25, -0.2) is 9.97 Å². The average Bonchev–Trinajstić information content (AvgIpc) is 2.92. The number of hydrogen-bond acceptors (Lipinski definition) is 6. The Bertz CT molecular complexity index is 833. The van der Waals surface area contributed by atoms with Gasteiger partial charge < -0.3 is 19.7 Å². The first-order valence-electron chi connectivity index (χ1n) is 9.83. The Hall–Kier alpha value is -2.51. The van der Waals surface area contributed by atoms with Crippen molar-refractivity contribution in [3.05, 3.63) is 47.3 Å². The van der Waals surface area contributed by atoms with Crippen LogP contribution in [0.15, 0.2) is 30.5 Å². The van der Waals surface area contributed by atoms with Crippen LogP contribution in [0, 0.1) is 0 Å². The minimum absolute atomic E-state index is 0.124. The fourth-order valence-corrected chi connectivity index (χ4v) is 3.89. The highest BCUT2D eigenvalue weighted by molar-refractivity contribution is 6.05. The molecule has 2 aliphatic rings. The summed E-state index contributed by atoms with van der Waals surface area (Å²) in [6.07, 6.45) is 3.31. The number of morpholine rings is 1. The molecule has 7 nitrogen and oxygen atoms in total. The highest BCUT2D eigenvalue weighted by Crippen LogP contribution is 2.26. The second-order valence-corrected chi connectivity index (χ2v) is 7.40. The molecule has 1 N–H and O–H groups in total. The van der Waals surface area contributed by atoms with Gasteiger partial charge in [-0.2, -0.15) is 0 Å². The lowest BCUT2D eigenvalue weighted by molar-refractivity contribution is -0.00547. The predicted molar refractivity (Wildman–Crippen MR) is 107 cm³/mol. The van der Waals surface area contributed by atoms with Crippen LogP contribution < -0.4 is 10.2 Å². The second kappa shape index (κ2) is 8.24. The molecule has 148 valence electrons. The summed E-state index contributed by atoms with van der Waals surface area (Å²) < 4.78 is 11.5. The molecule has 0 aromatic carbocycles. The third-order valence-corrected chi connectivity index (χ3v) is 5.07. The van der Waals surface area contributed by atoms with Crippen molar-refractivity contribution in [1.29, 1.82) is 0 Å². The molecular weight excluding hydrogens is 356 g/mol. The van der Waals surface area contributed by atoms with Crippen LogP contribution in [-0.2, 0) is 22.3 Å². The number of carbonyl (C=O) groups is 1. The molecule has 0 aliphatic carbocycles. The van der Waals surface area contributed by atoms with Gasteiger partial charge in [-0.1, -0.05) is 6.07 Å². The summed E-state index contributed by atoms with van der Waals surface area (Å²) in [5.41, 5.74) is 2.58. The van der Waals surface area contributed by atoms with Crippen LogP contribution in [0.3, 0.4) is 0 Å². The zero-order chi connectivity index (χ0) is 19.5. The van der Waals surface area contributed by atoms with E-state index in [0.29, 0.717) is 37.4 Å². The summed E-state index contributed by atoms with van der Waals surface area (Å²) in [4.78, 5) is 24.4. The summed E-state index contributed by atoms with van der Waals surface area (Å²) >= 11 is 0. The molecule has 0 saturated carbocycles. The van der Waals surface area contributed by atoms with Crippen molar-refractivity contribution in [3.8, 4) is 0 Å². The van der Waals surface area contributed by atoms with E-state index < -0.39 is 0 Å². The number of ether oxygens (including phenoxy) is 2. The summed E-state index contributed by atoms with van der Waals surface area (Å²) in [7, 11) is 0. The van der Waals surface area contributed by atoms with Crippen LogP contribution in [0.25, 0.3) is 0 Å². The quantitative estimate of drug-likeness (QED) is 0.879. The smallest absolute Gasteiger partial charge is 0.257 e. The lowest BCUT2D eigenvalue weighted by Crippen LogP contribution is -2.46. The molecule has 7 heteroatoms. The van der Waals surface area contributed by atoms with Gasteiger partial charge in [0, 0.05) is 37.0 Å². The predicted octanol–water partition coefficient (Wildman–Crippen LogP) is 2.46. The Morgan fingerprint density at radius 2 is 1.96 bits per heavy atom. The number of nitrogens with zero attached hydrogens (tertiary/aromatic N) is 3. The van der Waals surface area contributed by atoms with Gasteiger partial charge in [-0.05, 0) is 44.0 Å². The first kappa shape index (κ1) is 18.8. The van der Waals surface area contributed by atoms with E-state index >= 15 is 0 Å². The maximum Gasteiger partial charge on any atom is 0.257 e. The molecule has 0 bridgehead atoms. The molecule has 28 heavy (non-hydrogen) atoms. The lowest BCUT2D eigenvalue weighted by Gasteiger charge is -2.36. The van der Waals surface area contributed by atoms with E-state index in [1.165, 1.54) is 0 Å². The van der Waals surface area contributed by atoms with E-state index in [4.69, 9.17) is 14.5 Å². The number of pyridine rings is 2. The van der Waals surface area contributed by atoms with Crippen LogP contribution >= 0.6 is 0 Å². The largest absolute Gasteiger partial charge is 0.381 e. The summed E-state index contributed by atoms with van der Waals surface area (Å²) in [6.45, 7) is 6.87. The van der Waals surface area contributed by atoms with Gasteiger partial charge in [-0.3, -0.25) is 4.79 Å². The van der Waals surface area contributed by atoms with E-state index in [2.05, 4.69) is 29.0 Å². The number of hydrogen-bond donors (Lipinski definition) is 1. The number of aromatic nitrogens is 2. The van der Waals surface area contributed by atoms with Gasteiger partial charge in [0.15, 0.2) is 0 Å². The highest BCUT2D eigenvalue weighted by atomic mass is 16.5. The molecule has 2 aromatic rings. The standard InChI is InChI=1S/C21H26N4O3/c1-14-12-25(13-15(2)28-14)20-11-17(16-6-9-27-10-7-18(16)23-20)21(26)24-19-5-3-4-8-22-19/h3-5,8,11,14-15H,6-7,9-10,12-13H2,1-2H3,(H,22,24,26)/t14-,15+. The maximum atomic E-state index is 13.1. The lowest BCUT2D eigenvalue weighted by atomic mass is 10.0. The first-order chi connectivity index (χ1) is 13.6. The van der Waals surface area contributed by atoms with Crippen molar-refractivity contribution in [3.63, 3.8) is 0 Å². The first-order valence-corrected chi connectivity index (χ1v) is 9.83. The van der Waals surface area contributed by atoms with Gasteiger partial charge >= 0.3 is 0 Å². The van der Waals surface area contributed by atoms with E-state index in [0.717, 1.165) is 30.2 Å². The van der Waals surface area contributed by atoms with E-state index in [-0.39, 0.29) is 18.1 Å². The molecule has 1 fully saturated rings. The van der Waals surface area contributed by atoms with Crippen molar-refractivity contribution < 1.29 is 14.3 Å². The highest BCUT2D eigenvalue weighted by Gasteiger charge is 2.27. The van der Waals surface area contributed by atoms with Crippen LogP contribution in [0.5, 0.6) is 0 Å². The van der Waals surface area contributed by atoms with Crippen LogP contribution in [0.2, 0.25) is 0 Å². The van der Waals surface area contributed by atoms with Crippen molar-refractivity contribution in [2.75, 3.05) is 36.5 Å². The zero-order valence-corrected chi connectivity index (χ0v) is 16.4. The molecule has 1 amide bonds. The number of amides is 1. The van der Waals surface area contributed by atoms with E-state index in [1.807, 2.05) is 18.2 Å². The van der Waals surface area contributed by atoms with Gasteiger partial charge in [0.2, 0.25) is 0 Å². The second-order valence-electron chi connectivity index (χ2n) is 7.40. The third-order valence-electron chi connectivity index (χ3n) is 5.07. The summed E-state index contributed by atoms with van der Waals surface area (Å²) in [6, 6.07) is 7.37. The molecule has 1 saturated heterocycles. The number of fused-ring (bicyclic) bond motifs is 1. The van der Waals surface area contributed by atoms with Crippen molar-refractivity contribution in [1.82, 2.24) is 9.97 Å². The number of nitrogens with one attached hydrogen (secondary N) is 1. The Morgan fingerprint density at radius 3 is 2.71 bits per heavy atom. The SMILES string of the molecule is C[C@@H]1CN(c2cc(C(=O)Nc3ccccn3)c3c(n2)CCOCC3)C[C@H](C)O1. The molecule has 2 aromatic heterocycles. The Kier molecular flexibility index (Phi) is 5.54. The van der Waals surface area contributed by atoms with Crippen molar-refractivity contribution in [2.24, 2.45) is 0 Å². The molecular formula is C21H26N4O3. The zero-order valence-electron chi connectivity index (χ0n) is 16.4. The molecule has 4 rings (SSSR count). The van der Waals surface area contributed by atoms with Crippen molar-refractivity contribution in [2.45, 2.75) is 38.9 Å². The van der Waals surface area contributed by atoms with Crippen molar-refractivity contribution >= 4 is 17.5 Å². The van der Waals surface area contributed by atoms with Gasteiger partial charge in [0.1, 0.15) is 11.6 Å². The van der Waals surface area contributed by atoms with E-state index in [9.17, 15) is 4.79 Å². The Balaban J connectivity index is 1.70. The monoisotopic (exact) mass is 382 g/mol. The van der Waals surface area contributed by atoms with Crippen LogP contribution in [-0.4, -0.2) is 54.4 Å². The van der Waals surface area contributed by atoms with Gasteiger partial charge in [0.25, 0.3) is 5.91 Å². The Labute approximate surface area is 165 Å². The average molecular weight is 382 g/mol. The fourth-order valence-electron chi connectivity index (χ4n) is 3.89. The normalized spacial score (nSPS) is 22.3. The number of carbonyl (C=O) groups excluding carboxylic acids is 1. The minimum atomic E-state index is -0.158. The number of anilines is 2. The van der Waals surface area contributed by atoms with Crippen LogP contribution in [0.1, 0.15) is 35.5 Å². The van der Waals surface area contributed by atoms with Gasteiger partial charge in [-0.15, -0.1) is 0 Å². The molecule has 2 aliphatic heterocycles. The minimum Gasteiger partial charge on any atom is -0.381 e. The summed E-state index contributed by atoms with van der Waals surface area (Å²) in [5.74, 6) is 1.21. The molecule has 0 unspecified atom stereocenters. The molecule has 2 atom stereocenters. The third kappa shape index (κ3) is 4.15. The fraction of sp³-hybridized carbons (Fsp3) is 0.476. The molecule has 0 radical (unpaired) electrons. The topological polar surface area (TPSA) is 76.6 Å². The number of rotatable bonds is 3. The maximum absolute atomic E-state index is 13.1. The summed E-state index contributed by atoms with van der Waals surface area (Å²) in [5, 5.41) is 2.91. The van der Waals surface area contributed by atoms with Crippen LogP contribution in [0.4, 0.5) is 11.6 Å². The molecule has 0 spiro atoms. The molecule has 4 heterocycles. The van der Waals surface area contributed by atoms with Gasteiger partial charge in [0.05, 0.1) is 25.4 Å². The van der Waals surface area contributed by atoms with E-state index in [1.54, 1.807) is 12.3 Å². The Morgan fingerprint density at radius 1 is 1.18 bits per heavy atom.